The number of hydrogen-bond donors (Lipinski definition) is 1. The zero-order valence-corrected chi connectivity index (χ0v) is 15.3. The molecule has 0 aromatic heterocycles. The Morgan fingerprint density at radius 2 is 1.96 bits per heavy atom. The van der Waals surface area contributed by atoms with Gasteiger partial charge in [0.25, 0.3) is 0 Å². The van der Waals surface area contributed by atoms with Crippen LogP contribution in [0.5, 0.6) is 11.5 Å². The molecule has 0 saturated heterocycles. The van der Waals surface area contributed by atoms with Gasteiger partial charge in [-0.15, -0.1) is 0 Å². The number of benzene rings is 2. The number of carbonyl (C=O) groups excluding carboxylic acids is 1. The second kappa shape index (κ2) is 7.80. The van der Waals surface area contributed by atoms with Crippen LogP contribution >= 0.6 is 0 Å². The number of ether oxygens (including phenoxy) is 2. The highest BCUT2D eigenvalue weighted by Gasteiger charge is 2.28. The topological polar surface area (TPSA) is 112 Å². The molecule has 2 aromatic rings. The molecule has 0 saturated carbocycles. The van der Waals surface area contributed by atoms with Gasteiger partial charge in [0.1, 0.15) is 13.1 Å². The third-order valence-electron chi connectivity index (χ3n) is 4.28. The lowest BCUT2D eigenvalue weighted by atomic mass is 9.98. The van der Waals surface area contributed by atoms with Crippen LogP contribution < -0.4 is 14.4 Å². The van der Waals surface area contributed by atoms with Gasteiger partial charge in [0, 0.05) is 17.2 Å². The molecule has 0 unspecified atom stereocenters. The van der Waals surface area contributed by atoms with E-state index in [-0.39, 0.29) is 6.54 Å². The molecule has 0 bridgehead atoms. The van der Waals surface area contributed by atoms with E-state index in [1.165, 1.54) is 14.2 Å². The van der Waals surface area contributed by atoms with Gasteiger partial charge in [-0.2, -0.15) is 5.26 Å². The SMILES string of the molecule is COc1cc2c(cc1OC)N(CC(=O)O)C(=O)CN=C2c1cccc(C#N)c1. The number of amides is 1. The number of hydrogen-bond acceptors (Lipinski definition) is 6. The minimum Gasteiger partial charge on any atom is -0.493 e. The van der Waals surface area contributed by atoms with Crippen molar-refractivity contribution >= 4 is 23.3 Å². The van der Waals surface area contributed by atoms with Crippen LogP contribution in [0.4, 0.5) is 5.69 Å². The molecule has 8 heteroatoms. The van der Waals surface area contributed by atoms with E-state index in [1.54, 1.807) is 36.4 Å². The zero-order valence-electron chi connectivity index (χ0n) is 15.3. The fourth-order valence-corrected chi connectivity index (χ4v) is 3.02. The van der Waals surface area contributed by atoms with Gasteiger partial charge in [0.05, 0.1) is 37.3 Å². The molecule has 1 N–H and O–H groups in total. The number of nitrogens with zero attached hydrogens (tertiary/aromatic N) is 3. The molecule has 3 rings (SSSR count). The summed E-state index contributed by atoms with van der Waals surface area (Å²) in [4.78, 5) is 29.5. The average Bonchev–Trinajstić information content (AvgIpc) is 2.83. The van der Waals surface area contributed by atoms with E-state index in [1.807, 2.05) is 0 Å². The van der Waals surface area contributed by atoms with Gasteiger partial charge >= 0.3 is 5.97 Å². The number of fused-ring (bicyclic) bond motifs is 1. The minimum absolute atomic E-state index is 0.224. The van der Waals surface area contributed by atoms with Crippen molar-refractivity contribution in [3.05, 3.63) is 53.1 Å². The number of aliphatic imine (C=N–C) groups is 1. The van der Waals surface area contributed by atoms with Crippen molar-refractivity contribution < 1.29 is 24.2 Å². The number of nitriles is 1. The fraction of sp³-hybridized carbons (Fsp3) is 0.200. The molecule has 0 fully saturated rings. The van der Waals surface area contributed by atoms with Crippen LogP contribution in [0.15, 0.2) is 41.4 Å². The largest absolute Gasteiger partial charge is 0.493 e. The van der Waals surface area contributed by atoms with Crippen LogP contribution in [0.25, 0.3) is 0 Å². The molecule has 0 radical (unpaired) electrons. The zero-order chi connectivity index (χ0) is 20.3. The van der Waals surface area contributed by atoms with E-state index in [4.69, 9.17) is 9.47 Å². The monoisotopic (exact) mass is 379 g/mol. The number of methoxy groups -OCH3 is 2. The summed E-state index contributed by atoms with van der Waals surface area (Å²) in [7, 11) is 2.93. The van der Waals surface area contributed by atoms with E-state index < -0.39 is 18.4 Å². The van der Waals surface area contributed by atoms with Crippen molar-refractivity contribution in [2.45, 2.75) is 0 Å². The summed E-state index contributed by atoms with van der Waals surface area (Å²) in [6, 6.07) is 12.1. The summed E-state index contributed by atoms with van der Waals surface area (Å²) >= 11 is 0. The maximum Gasteiger partial charge on any atom is 0.323 e. The van der Waals surface area contributed by atoms with Crippen molar-refractivity contribution in [2.24, 2.45) is 4.99 Å². The van der Waals surface area contributed by atoms with Crippen molar-refractivity contribution in [3.8, 4) is 17.6 Å². The summed E-state index contributed by atoms with van der Waals surface area (Å²) in [5.41, 5.74) is 2.41. The highest BCUT2D eigenvalue weighted by atomic mass is 16.5. The molecule has 1 aliphatic heterocycles. The molecule has 2 aromatic carbocycles. The van der Waals surface area contributed by atoms with Gasteiger partial charge in [0.15, 0.2) is 11.5 Å². The maximum absolute atomic E-state index is 12.6. The summed E-state index contributed by atoms with van der Waals surface area (Å²) in [5.74, 6) is -0.835. The number of carbonyl (C=O) groups is 2. The number of carboxylic acids is 1. The highest BCUT2D eigenvalue weighted by molar-refractivity contribution is 6.20. The van der Waals surface area contributed by atoms with E-state index in [0.29, 0.717) is 39.6 Å². The predicted molar refractivity (Wildman–Crippen MR) is 101 cm³/mol. The Labute approximate surface area is 161 Å². The van der Waals surface area contributed by atoms with E-state index in [0.717, 1.165) is 4.90 Å². The summed E-state index contributed by atoms with van der Waals surface area (Å²) in [6.07, 6.45) is 0. The summed E-state index contributed by atoms with van der Waals surface area (Å²) < 4.78 is 10.7. The van der Waals surface area contributed by atoms with E-state index >= 15 is 0 Å². The first-order valence-corrected chi connectivity index (χ1v) is 8.32. The lowest BCUT2D eigenvalue weighted by Gasteiger charge is -2.23. The number of rotatable bonds is 5. The Hall–Kier alpha value is -3.86. The Kier molecular flexibility index (Phi) is 5.27. The second-order valence-electron chi connectivity index (χ2n) is 5.96. The molecule has 1 aliphatic rings. The van der Waals surface area contributed by atoms with Crippen LogP contribution in [-0.2, 0) is 9.59 Å². The lowest BCUT2D eigenvalue weighted by Crippen LogP contribution is -2.37. The van der Waals surface area contributed by atoms with Gasteiger partial charge in [-0.3, -0.25) is 19.5 Å². The third kappa shape index (κ3) is 3.50. The second-order valence-corrected chi connectivity index (χ2v) is 5.96. The van der Waals surface area contributed by atoms with Gasteiger partial charge in [-0.05, 0) is 18.2 Å². The number of benzodiazepines with no additional fused rings is 1. The minimum atomic E-state index is -1.15. The van der Waals surface area contributed by atoms with E-state index in [2.05, 4.69) is 11.1 Å². The van der Waals surface area contributed by atoms with Crippen LogP contribution in [0.1, 0.15) is 16.7 Å². The van der Waals surface area contributed by atoms with E-state index in [9.17, 15) is 20.0 Å². The maximum atomic E-state index is 12.6. The molecule has 142 valence electrons. The smallest absolute Gasteiger partial charge is 0.323 e. The fourth-order valence-electron chi connectivity index (χ4n) is 3.02. The number of carboxylic acid groups (broad SMARTS) is 1. The highest BCUT2D eigenvalue weighted by Crippen LogP contribution is 2.37. The van der Waals surface area contributed by atoms with Gasteiger partial charge in [-0.25, -0.2) is 0 Å². The lowest BCUT2D eigenvalue weighted by molar-refractivity contribution is -0.136. The molecular formula is C20H17N3O5. The van der Waals surface area contributed by atoms with Crippen molar-refractivity contribution in [1.82, 2.24) is 0 Å². The third-order valence-corrected chi connectivity index (χ3v) is 4.28. The molecule has 1 heterocycles. The van der Waals surface area contributed by atoms with Crippen LogP contribution in [-0.4, -0.2) is 50.0 Å². The molecular weight excluding hydrogens is 362 g/mol. The summed E-state index contributed by atoms with van der Waals surface area (Å²) in [6.45, 7) is -0.735. The quantitative estimate of drug-likeness (QED) is 0.848. The number of anilines is 1. The molecule has 0 aliphatic carbocycles. The summed E-state index contributed by atoms with van der Waals surface area (Å²) in [5, 5.41) is 18.4. The first-order chi connectivity index (χ1) is 13.5. The predicted octanol–water partition coefficient (Wildman–Crippen LogP) is 1.84. The first kappa shape index (κ1) is 18.9. The number of aliphatic carboxylic acids is 1. The molecule has 0 spiro atoms. The van der Waals surface area contributed by atoms with Gasteiger partial charge < -0.3 is 14.6 Å². The Morgan fingerprint density at radius 3 is 2.61 bits per heavy atom. The van der Waals surface area contributed by atoms with Gasteiger partial charge in [-0.1, -0.05) is 12.1 Å². The van der Waals surface area contributed by atoms with Gasteiger partial charge in [0.2, 0.25) is 5.91 Å². The average molecular weight is 379 g/mol. The van der Waals surface area contributed by atoms with Crippen molar-refractivity contribution in [3.63, 3.8) is 0 Å². The standard InChI is InChI=1S/C20H17N3O5/c1-27-16-7-14-15(8-17(16)28-2)23(11-19(25)26)18(24)10-22-20(14)13-5-3-4-12(6-13)9-21/h3-8H,10-11H2,1-2H3,(H,25,26). The first-order valence-electron chi connectivity index (χ1n) is 8.32. The normalized spacial score (nSPS) is 13.1. The Balaban J connectivity index is 2.27. The molecule has 8 nitrogen and oxygen atoms in total. The van der Waals surface area contributed by atoms with Crippen LogP contribution in [0.3, 0.4) is 0 Å². The molecule has 28 heavy (non-hydrogen) atoms. The van der Waals surface area contributed by atoms with Crippen molar-refractivity contribution in [2.75, 3.05) is 32.2 Å². The van der Waals surface area contributed by atoms with Crippen LogP contribution in [0, 0.1) is 11.3 Å². The Morgan fingerprint density at radius 1 is 1.25 bits per heavy atom. The molecule has 1 amide bonds. The van der Waals surface area contributed by atoms with Crippen LogP contribution in [0.2, 0.25) is 0 Å². The Bertz CT molecular complexity index is 1020. The molecule has 0 atom stereocenters. The van der Waals surface area contributed by atoms with Crippen molar-refractivity contribution in [1.29, 1.82) is 5.26 Å².